The minimum Gasteiger partial charge on any atom is -0.351 e. The second kappa shape index (κ2) is 11.0. The Labute approximate surface area is 241 Å². The van der Waals surface area contributed by atoms with Crippen molar-refractivity contribution in [2.75, 3.05) is 31.2 Å². The van der Waals surface area contributed by atoms with Crippen LogP contribution in [0.3, 0.4) is 0 Å². The first kappa shape index (κ1) is 27.5. The quantitative estimate of drug-likeness (QED) is 0.300. The van der Waals surface area contributed by atoms with Gasteiger partial charge in [0.2, 0.25) is 0 Å². The monoisotopic (exact) mass is 596 g/mol. The molecule has 7 rings (SSSR count). The third kappa shape index (κ3) is 6.04. The first-order valence-electron chi connectivity index (χ1n) is 13.6. The Morgan fingerprint density at radius 1 is 1.07 bits per heavy atom. The number of amides is 2. The number of nitrogens with one attached hydrogen (secondary N) is 2. The molecule has 3 aliphatic rings. The zero-order valence-electron chi connectivity index (χ0n) is 22.9. The normalized spacial score (nSPS) is 19.1. The summed E-state index contributed by atoms with van der Waals surface area (Å²) in [6.07, 6.45) is 14.3. The highest BCUT2D eigenvalue weighted by atomic mass is 32.2. The van der Waals surface area contributed by atoms with Crippen molar-refractivity contribution in [3.8, 4) is 10.4 Å². The third-order valence-electron chi connectivity index (χ3n) is 7.83. The smallest absolute Gasteiger partial charge is 0.260 e. The molecule has 14 heteroatoms. The van der Waals surface area contributed by atoms with E-state index in [1.54, 1.807) is 36.1 Å². The van der Waals surface area contributed by atoms with Crippen molar-refractivity contribution in [1.82, 2.24) is 34.6 Å². The minimum absolute atomic E-state index is 0.215. The number of carbonyl (C=O) groups excluding carboxylic acids is 2. The van der Waals surface area contributed by atoms with Crippen LogP contribution in [0, 0.1) is 12.8 Å². The van der Waals surface area contributed by atoms with E-state index in [1.807, 2.05) is 0 Å². The molecule has 4 aromatic heterocycles. The summed E-state index contributed by atoms with van der Waals surface area (Å²) < 4.78 is 26.1. The van der Waals surface area contributed by atoms with Gasteiger partial charge in [-0.15, -0.1) is 11.3 Å². The lowest BCUT2D eigenvalue weighted by Gasteiger charge is -2.45. The van der Waals surface area contributed by atoms with Gasteiger partial charge in [0.15, 0.2) is 9.84 Å². The van der Waals surface area contributed by atoms with Crippen molar-refractivity contribution >= 4 is 43.5 Å². The van der Waals surface area contributed by atoms with Crippen LogP contribution < -0.4 is 10.6 Å². The standard InChI is InChI=1S/C27H32N8O4S2/c1-17-23(9-19(10-29-17)25(36)28-7-8-33-13-18-3-5-21(33)6-4-18)32-26(37)22-12-31-35-15-24(40-27(22)35)20-11-30-34(14-20)16-41(2,38)39/h9-12,14-15,18,21H,3-8,13,16H2,1-2H3,(H,28,36)(H,32,37). The molecule has 0 atom stereocenters. The summed E-state index contributed by atoms with van der Waals surface area (Å²) in [5.41, 5.74) is 2.52. The van der Waals surface area contributed by atoms with Crippen LogP contribution >= 0.6 is 11.3 Å². The van der Waals surface area contributed by atoms with Crippen molar-refractivity contribution < 1.29 is 18.0 Å². The van der Waals surface area contributed by atoms with Crippen LogP contribution in [-0.2, 0) is 15.7 Å². The van der Waals surface area contributed by atoms with Crippen LogP contribution in [0.15, 0.2) is 37.1 Å². The highest BCUT2D eigenvalue weighted by Crippen LogP contribution is 2.34. The second-order valence-corrected chi connectivity index (χ2v) is 14.1. The van der Waals surface area contributed by atoms with Gasteiger partial charge in [-0.3, -0.25) is 24.2 Å². The Morgan fingerprint density at radius 3 is 2.61 bits per heavy atom. The van der Waals surface area contributed by atoms with E-state index in [-0.39, 0.29) is 17.7 Å². The molecule has 4 aromatic rings. The van der Waals surface area contributed by atoms with Crippen molar-refractivity contribution in [1.29, 1.82) is 0 Å². The fraction of sp³-hybridized carbons (Fsp3) is 0.444. The SMILES string of the molecule is Cc1ncc(C(=O)NCCN2CC3CCC2CC3)cc1NC(=O)c1cnn2cc(-c3cnn(CS(C)(=O)=O)c3)sc12. The molecule has 216 valence electrons. The van der Waals surface area contributed by atoms with Crippen LogP contribution in [0.5, 0.6) is 0 Å². The Hall–Kier alpha value is -3.62. The van der Waals surface area contributed by atoms with Gasteiger partial charge in [0.05, 0.1) is 39.8 Å². The van der Waals surface area contributed by atoms with E-state index in [4.69, 9.17) is 0 Å². The molecule has 1 aliphatic carbocycles. The van der Waals surface area contributed by atoms with Gasteiger partial charge >= 0.3 is 0 Å². The molecule has 0 spiro atoms. The number of sulfone groups is 1. The highest BCUT2D eigenvalue weighted by Gasteiger charge is 2.33. The van der Waals surface area contributed by atoms with Crippen molar-refractivity contribution in [2.45, 2.75) is 44.5 Å². The Morgan fingerprint density at radius 2 is 1.88 bits per heavy atom. The maximum Gasteiger partial charge on any atom is 0.260 e. The fourth-order valence-electron chi connectivity index (χ4n) is 5.71. The molecule has 2 amide bonds. The number of aryl methyl sites for hydroxylation is 1. The summed E-state index contributed by atoms with van der Waals surface area (Å²) in [5, 5.41) is 14.3. The number of piperidine rings is 2. The highest BCUT2D eigenvalue weighted by molar-refractivity contribution is 7.89. The number of thiazole rings is 1. The molecule has 0 aromatic carbocycles. The number of aromatic nitrogens is 5. The van der Waals surface area contributed by atoms with Gasteiger partial charge in [-0.1, -0.05) is 0 Å². The van der Waals surface area contributed by atoms with E-state index in [0.717, 1.165) is 35.7 Å². The van der Waals surface area contributed by atoms with Crippen LogP contribution in [0.25, 0.3) is 15.3 Å². The molecule has 12 nitrogen and oxygen atoms in total. The number of hydrogen-bond donors (Lipinski definition) is 2. The largest absolute Gasteiger partial charge is 0.351 e. The molecule has 1 saturated carbocycles. The molecule has 2 aliphatic heterocycles. The van der Waals surface area contributed by atoms with Gasteiger partial charge in [-0.25, -0.2) is 12.9 Å². The molecule has 2 N–H and O–H groups in total. The van der Waals surface area contributed by atoms with Crippen LogP contribution in [0.1, 0.15) is 52.1 Å². The van der Waals surface area contributed by atoms with Gasteiger partial charge in [-0.2, -0.15) is 10.2 Å². The maximum atomic E-state index is 13.3. The zero-order valence-corrected chi connectivity index (χ0v) is 24.5. The lowest BCUT2D eigenvalue weighted by Crippen LogP contribution is -2.50. The summed E-state index contributed by atoms with van der Waals surface area (Å²) in [6.45, 7) is 4.31. The summed E-state index contributed by atoms with van der Waals surface area (Å²) in [6, 6.07) is 2.29. The van der Waals surface area contributed by atoms with Crippen molar-refractivity contribution in [3.05, 3.63) is 53.9 Å². The number of rotatable bonds is 9. The molecule has 0 radical (unpaired) electrons. The average molecular weight is 597 g/mol. The maximum absolute atomic E-state index is 13.3. The number of pyridine rings is 1. The van der Waals surface area contributed by atoms with E-state index < -0.39 is 9.84 Å². The second-order valence-electron chi connectivity index (χ2n) is 11.0. The molecule has 2 saturated heterocycles. The van der Waals surface area contributed by atoms with E-state index in [9.17, 15) is 18.0 Å². The van der Waals surface area contributed by atoms with Crippen molar-refractivity contribution in [3.63, 3.8) is 0 Å². The van der Waals surface area contributed by atoms with Gasteiger partial charge in [0.1, 0.15) is 10.7 Å². The number of nitrogens with zero attached hydrogens (tertiary/aromatic N) is 6. The van der Waals surface area contributed by atoms with Gasteiger partial charge < -0.3 is 10.6 Å². The van der Waals surface area contributed by atoms with Gasteiger partial charge in [-0.05, 0) is 44.6 Å². The number of hydrogen-bond acceptors (Lipinski definition) is 9. The van der Waals surface area contributed by atoms with E-state index >= 15 is 0 Å². The predicted molar refractivity (Wildman–Crippen MR) is 156 cm³/mol. The molecule has 41 heavy (non-hydrogen) atoms. The summed E-state index contributed by atoms with van der Waals surface area (Å²) in [7, 11) is -3.23. The molecule has 6 heterocycles. The Bertz CT molecular complexity index is 1720. The number of carbonyl (C=O) groups is 2. The van der Waals surface area contributed by atoms with Gasteiger partial charge in [0, 0.05) is 56.1 Å². The first-order chi connectivity index (χ1) is 19.6. The van der Waals surface area contributed by atoms with E-state index in [1.165, 1.54) is 54.1 Å². The molecule has 3 fully saturated rings. The zero-order chi connectivity index (χ0) is 28.7. The number of fused-ring (bicyclic) bond motifs is 4. The molecule has 2 bridgehead atoms. The Kier molecular flexibility index (Phi) is 7.38. The summed E-state index contributed by atoms with van der Waals surface area (Å²) in [4.78, 5) is 34.4. The number of anilines is 1. The lowest BCUT2D eigenvalue weighted by molar-refractivity contribution is 0.0494. The van der Waals surface area contributed by atoms with E-state index in [0.29, 0.717) is 39.9 Å². The van der Waals surface area contributed by atoms with E-state index in [2.05, 4.69) is 30.7 Å². The van der Waals surface area contributed by atoms with Crippen LogP contribution in [-0.4, -0.2) is 81.4 Å². The predicted octanol–water partition coefficient (Wildman–Crippen LogP) is 2.82. The average Bonchev–Trinajstić information content (AvgIpc) is 3.66. The Balaban J connectivity index is 1.11. The summed E-state index contributed by atoms with van der Waals surface area (Å²) >= 11 is 1.34. The third-order valence-corrected chi connectivity index (χ3v) is 9.73. The lowest BCUT2D eigenvalue weighted by atomic mass is 9.80. The molecular formula is C27H32N8O4S2. The minimum atomic E-state index is -3.23. The molecule has 0 unspecified atom stereocenters. The van der Waals surface area contributed by atoms with Crippen LogP contribution in [0.4, 0.5) is 5.69 Å². The topological polar surface area (TPSA) is 144 Å². The van der Waals surface area contributed by atoms with Crippen LogP contribution in [0.2, 0.25) is 0 Å². The fourth-order valence-corrected chi connectivity index (χ4v) is 7.37. The van der Waals surface area contributed by atoms with Gasteiger partial charge in [0.25, 0.3) is 11.8 Å². The van der Waals surface area contributed by atoms with Crippen molar-refractivity contribution in [2.24, 2.45) is 5.92 Å². The summed E-state index contributed by atoms with van der Waals surface area (Å²) in [5.74, 6) is -0.00852. The molecular weight excluding hydrogens is 564 g/mol. The first-order valence-corrected chi connectivity index (χ1v) is 16.5.